The lowest BCUT2D eigenvalue weighted by molar-refractivity contribution is -0.130. The van der Waals surface area contributed by atoms with Crippen LogP contribution in [0, 0.1) is 24.1 Å². The highest BCUT2D eigenvalue weighted by molar-refractivity contribution is 7.89. The first kappa shape index (κ1) is 17.4. The fourth-order valence-electron chi connectivity index (χ4n) is 3.52. The largest absolute Gasteiger partial charge is 0.369 e. The Morgan fingerprint density at radius 3 is 2.71 bits per heavy atom. The molecule has 1 aromatic carbocycles. The first-order chi connectivity index (χ1) is 11.2. The molecule has 1 aliphatic carbocycles. The van der Waals surface area contributed by atoms with Gasteiger partial charge in [-0.1, -0.05) is 18.9 Å². The molecule has 0 radical (unpaired) electrons. The van der Waals surface area contributed by atoms with Crippen LogP contribution in [-0.4, -0.2) is 31.7 Å². The second-order valence-corrected chi connectivity index (χ2v) is 9.08. The van der Waals surface area contributed by atoms with Crippen LogP contribution in [0.3, 0.4) is 0 Å². The lowest BCUT2D eigenvalue weighted by Crippen LogP contribution is -2.52. The van der Waals surface area contributed by atoms with Gasteiger partial charge < -0.3 is 5.73 Å². The van der Waals surface area contributed by atoms with E-state index in [2.05, 4.69) is 0 Å². The van der Waals surface area contributed by atoms with Crippen molar-refractivity contribution in [1.29, 1.82) is 0 Å². The van der Waals surface area contributed by atoms with Crippen LogP contribution in [0.2, 0.25) is 0 Å². The van der Waals surface area contributed by atoms with Gasteiger partial charge >= 0.3 is 0 Å². The van der Waals surface area contributed by atoms with Gasteiger partial charge in [0.2, 0.25) is 15.9 Å². The molecule has 2 fully saturated rings. The van der Waals surface area contributed by atoms with Crippen molar-refractivity contribution in [2.75, 3.05) is 13.1 Å². The van der Waals surface area contributed by atoms with Crippen LogP contribution >= 0.6 is 0 Å². The number of aryl methyl sites for hydroxylation is 1. The molecule has 1 atom stereocenters. The zero-order chi connectivity index (χ0) is 17.5. The van der Waals surface area contributed by atoms with Gasteiger partial charge in [-0.25, -0.2) is 12.8 Å². The van der Waals surface area contributed by atoms with E-state index in [1.54, 1.807) is 6.92 Å². The maximum absolute atomic E-state index is 13.8. The Morgan fingerprint density at radius 1 is 1.42 bits per heavy atom. The molecule has 3 rings (SSSR count). The van der Waals surface area contributed by atoms with Crippen molar-refractivity contribution in [2.45, 2.75) is 43.9 Å². The summed E-state index contributed by atoms with van der Waals surface area (Å²) in [5, 5.41) is 0. The van der Waals surface area contributed by atoms with Gasteiger partial charge in [0.25, 0.3) is 0 Å². The molecule has 1 amide bonds. The summed E-state index contributed by atoms with van der Waals surface area (Å²) in [6, 6.07) is 3.92. The molecular weight excluding hydrogens is 331 g/mol. The van der Waals surface area contributed by atoms with Crippen LogP contribution in [0.4, 0.5) is 4.39 Å². The summed E-state index contributed by atoms with van der Waals surface area (Å²) in [6.07, 6.45) is 4.00. The molecular formula is C17H23FN2O3S. The third-order valence-electron chi connectivity index (χ3n) is 5.22. The van der Waals surface area contributed by atoms with E-state index in [0.29, 0.717) is 37.3 Å². The molecule has 1 unspecified atom stereocenters. The first-order valence-corrected chi connectivity index (χ1v) is 9.75. The zero-order valence-electron chi connectivity index (χ0n) is 13.8. The predicted octanol–water partition coefficient (Wildman–Crippen LogP) is 2.19. The van der Waals surface area contributed by atoms with Gasteiger partial charge in [0.15, 0.2) is 0 Å². The average molecular weight is 354 g/mol. The van der Waals surface area contributed by atoms with Crippen LogP contribution in [0.5, 0.6) is 0 Å². The van der Waals surface area contributed by atoms with E-state index in [-0.39, 0.29) is 11.4 Å². The first-order valence-electron chi connectivity index (χ1n) is 8.31. The third-order valence-corrected chi connectivity index (χ3v) is 7.06. The SMILES string of the molecule is Cc1ccc(S(=O)(=O)N2CCCC(CC3CC3)(C(N)=O)C2)cc1F. The normalized spacial score (nSPS) is 25.6. The smallest absolute Gasteiger partial charge is 0.243 e. The molecule has 2 N–H and O–H groups in total. The van der Waals surface area contributed by atoms with Gasteiger partial charge in [-0.15, -0.1) is 0 Å². The highest BCUT2D eigenvalue weighted by atomic mass is 32.2. The van der Waals surface area contributed by atoms with E-state index >= 15 is 0 Å². The number of amides is 1. The van der Waals surface area contributed by atoms with Crippen molar-refractivity contribution in [3.63, 3.8) is 0 Å². The molecule has 1 saturated heterocycles. The Balaban J connectivity index is 1.89. The van der Waals surface area contributed by atoms with Crippen molar-refractivity contribution in [2.24, 2.45) is 17.1 Å². The fourth-order valence-corrected chi connectivity index (χ4v) is 5.10. The van der Waals surface area contributed by atoms with Crippen molar-refractivity contribution >= 4 is 15.9 Å². The molecule has 24 heavy (non-hydrogen) atoms. The lowest BCUT2D eigenvalue weighted by Gasteiger charge is -2.40. The van der Waals surface area contributed by atoms with E-state index in [4.69, 9.17) is 5.73 Å². The number of rotatable bonds is 5. The summed E-state index contributed by atoms with van der Waals surface area (Å²) >= 11 is 0. The van der Waals surface area contributed by atoms with Crippen molar-refractivity contribution in [3.05, 3.63) is 29.6 Å². The number of halogens is 1. The molecule has 5 nitrogen and oxygen atoms in total. The minimum absolute atomic E-state index is 0.0720. The van der Waals surface area contributed by atoms with E-state index in [9.17, 15) is 17.6 Å². The number of hydrogen-bond acceptors (Lipinski definition) is 3. The fraction of sp³-hybridized carbons (Fsp3) is 0.588. The van der Waals surface area contributed by atoms with Gasteiger partial charge in [-0.05, 0) is 49.8 Å². The number of carbonyl (C=O) groups is 1. The minimum Gasteiger partial charge on any atom is -0.369 e. The van der Waals surface area contributed by atoms with Gasteiger partial charge in [0.1, 0.15) is 5.82 Å². The van der Waals surface area contributed by atoms with Gasteiger partial charge in [0.05, 0.1) is 10.3 Å². The molecule has 0 spiro atoms. The van der Waals surface area contributed by atoms with Crippen LogP contribution in [0.15, 0.2) is 23.1 Å². The molecule has 132 valence electrons. The second-order valence-electron chi connectivity index (χ2n) is 7.15. The number of carbonyl (C=O) groups excluding carboxylic acids is 1. The Hall–Kier alpha value is -1.47. The second kappa shape index (κ2) is 6.11. The minimum atomic E-state index is -3.84. The summed E-state index contributed by atoms with van der Waals surface area (Å²) < 4.78 is 40.8. The van der Waals surface area contributed by atoms with Crippen LogP contribution in [0.1, 0.15) is 37.7 Å². The molecule has 1 aliphatic heterocycles. The highest BCUT2D eigenvalue weighted by Gasteiger charge is 2.47. The summed E-state index contributed by atoms with van der Waals surface area (Å²) in [5.74, 6) is -0.506. The van der Waals surface area contributed by atoms with E-state index in [1.165, 1.54) is 16.4 Å². The number of nitrogens with two attached hydrogens (primary N) is 1. The monoisotopic (exact) mass is 354 g/mol. The summed E-state index contributed by atoms with van der Waals surface area (Å²) in [5.41, 5.74) is 5.25. The molecule has 1 aromatic rings. The maximum atomic E-state index is 13.8. The summed E-state index contributed by atoms with van der Waals surface area (Å²) in [4.78, 5) is 12.0. The van der Waals surface area contributed by atoms with Crippen LogP contribution in [0.25, 0.3) is 0 Å². The van der Waals surface area contributed by atoms with Crippen molar-refractivity contribution in [3.8, 4) is 0 Å². The number of piperidine rings is 1. The Labute approximate surface area is 142 Å². The molecule has 0 aromatic heterocycles. The van der Waals surface area contributed by atoms with Crippen molar-refractivity contribution in [1.82, 2.24) is 4.31 Å². The Morgan fingerprint density at radius 2 is 2.12 bits per heavy atom. The summed E-state index contributed by atoms with van der Waals surface area (Å²) in [7, 11) is -3.84. The van der Waals surface area contributed by atoms with Crippen LogP contribution < -0.4 is 5.73 Å². The van der Waals surface area contributed by atoms with Gasteiger partial charge in [-0.2, -0.15) is 4.31 Å². The van der Waals surface area contributed by atoms with Crippen LogP contribution in [-0.2, 0) is 14.8 Å². The Kier molecular flexibility index (Phi) is 4.42. The third kappa shape index (κ3) is 3.19. The Bertz CT molecular complexity index is 761. The summed E-state index contributed by atoms with van der Waals surface area (Å²) in [6.45, 7) is 2.01. The number of hydrogen-bond donors (Lipinski definition) is 1. The standard InChI is InChI=1S/C17H23FN2O3S/c1-12-3-6-14(9-15(12)18)24(22,23)20-8-2-7-17(11-20,16(19)21)10-13-4-5-13/h3,6,9,13H,2,4-5,7-8,10-11H2,1H3,(H2,19,21). The number of primary amides is 1. The maximum Gasteiger partial charge on any atom is 0.243 e. The number of sulfonamides is 1. The predicted molar refractivity (Wildman–Crippen MR) is 88.1 cm³/mol. The van der Waals surface area contributed by atoms with Crippen molar-refractivity contribution < 1.29 is 17.6 Å². The molecule has 0 bridgehead atoms. The van der Waals surface area contributed by atoms with E-state index in [1.807, 2.05) is 0 Å². The molecule has 1 saturated carbocycles. The molecule has 7 heteroatoms. The average Bonchev–Trinajstić information content (AvgIpc) is 3.33. The lowest BCUT2D eigenvalue weighted by atomic mass is 9.75. The quantitative estimate of drug-likeness (QED) is 0.880. The molecule has 1 heterocycles. The zero-order valence-corrected chi connectivity index (χ0v) is 14.6. The van der Waals surface area contributed by atoms with E-state index in [0.717, 1.165) is 18.9 Å². The topological polar surface area (TPSA) is 80.5 Å². The van der Waals surface area contributed by atoms with Gasteiger partial charge in [-0.3, -0.25) is 4.79 Å². The molecule has 2 aliphatic rings. The number of benzene rings is 1. The van der Waals surface area contributed by atoms with E-state index < -0.39 is 27.2 Å². The highest BCUT2D eigenvalue weighted by Crippen LogP contribution is 2.45. The van der Waals surface area contributed by atoms with Gasteiger partial charge in [0, 0.05) is 13.1 Å². The number of nitrogens with zero attached hydrogens (tertiary/aromatic N) is 1.